The second-order valence-electron chi connectivity index (χ2n) is 6.53. The molecule has 148 valence electrons. The van der Waals surface area contributed by atoms with Crippen LogP contribution in [-0.4, -0.2) is 43.8 Å². The zero-order valence-corrected chi connectivity index (χ0v) is 16.1. The number of hydrogen-bond donors (Lipinski definition) is 2. The van der Waals surface area contributed by atoms with Crippen LogP contribution in [0.2, 0.25) is 0 Å². The van der Waals surface area contributed by atoms with Gasteiger partial charge in [0, 0.05) is 0 Å². The fourth-order valence-corrected chi connectivity index (χ4v) is 3.30. The minimum atomic E-state index is -0.390. The van der Waals surface area contributed by atoms with Crippen LogP contribution in [0.3, 0.4) is 0 Å². The van der Waals surface area contributed by atoms with Crippen LogP contribution in [0.25, 0.3) is 5.69 Å². The lowest BCUT2D eigenvalue weighted by Crippen LogP contribution is -2.30. The van der Waals surface area contributed by atoms with E-state index < -0.39 is 0 Å². The first-order valence-electron chi connectivity index (χ1n) is 8.87. The van der Waals surface area contributed by atoms with Gasteiger partial charge >= 0.3 is 0 Å². The van der Waals surface area contributed by atoms with Crippen LogP contribution >= 0.6 is 12.4 Å². The van der Waals surface area contributed by atoms with E-state index in [9.17, 15) is 9.18 Å². The Morgan fingerprint density at radius 2 is 2.04 bits per heavy atom. The number of anilines is 1. The summed E-state index contributed by atoms with van der Waals surface area (Å²) in [7, 11) is 0. The fraction of sp³-hybridized carbons (Fsp3) is 0.333. The largest absolute Gasteiger partial charge is 0.318 e. The first-order chi connectivity index (χ1) is 13.1. The van der Waals surface area contributed by atoms with Gasteiger partial charge in [-0.3, -0.25) is 4.79 Å². The zero-order valence-electron chi connectivity index (χ0n) is 15.3. The van der Waals surface area contributed by atoms with Crippen LogP contribution in [0.4, 0.5) is 10.1 Å². The summed E-state index contributed by atoms with van der Waals surface area (Å²) in [6.45, 7) is 3.71. The van der Waals surface area contributed by atoms with Crippen LogP contribution in [0.1, 0.15) is 35.1 Å². The second-order valence-corrected chi connectivity index (χ2v) is 6.53. The van der Waals surface area contributed by atoms with Crippen LogP contribution in [0, 0.1) is 12.7 Å². The number of para-hydroxylation sites is 1. The van der Waals surface area contributed by atoms with E-state index in [0.717, 1.165) is 31.6 Å². The molecule has 4 rings (SSSR count). The van der Waals surface area contributed by atoms with E-state index in [1.165, 1.54) is 16.9 Å². The van der Waals surface area contributed by atoms with E-state index in [-0.39, 0.29) is 35.9 Å². The summed E-state index contributed by atoms with van der Waals surface area (Å²) in [5.41, 5.74) is 1.79. The van der Waals surface area contributed by atoms with Crippen LogP contribution in [0.15, 0.2) is 36.7 Å². The molecule has 1 aromatic carbocycles. The van der Waals surface area contributed by atoms with Crippen molar-refractivity contribution >= 4 is 24.0 Å². The second kappa shape index (κ2) is 8.49. The zero-order chi connectivity index (χ0) is 18.8. The molecule has 0 radical (unpaired) electrons. The van der Waals surface area contributed by atoms with E-state index in [4.69, 9.17) is 0 Å². The van der Waals surface area contributed by atoms with Crippen molar-refractivity contribution in [2.24, 2.45) is 0 Å². The topological polar surface area (TPSA) is 89.7 Å². The molecule has 0 aliphatic carbocycles. The summed E-state index contributed by atoms with van der Waals surface area (Å²) in [5.74, 6) is -0.750. The van der Waals surface area contributed by atoms with Gasteiger partial charge in [0.2, 0.25) is 0 Å². The number of carbonyl (C=O) groups excluding carboxylic acids is 1. The van der Waals surface area contributed by atoms with Crippen molar-refractivity contribution in [3.63, 3.8) is 0 Å². The number of nitrogens with zero attached hydrogens (tertiary/aromatic N) is 5. The van der Waals surface area contributed by atoms with Crippen molar-refractivity contribution in [1.29, 1.82) is 0 Å². The molecule has 1 aliphatic heterocycles. The number of rotatable bonds is 4. The quantitative estimate of drug-likeness (QED) is 0.696. The Morgan fingerprint density at radius 3 is 2.79 bits per heavy atom. The first-order valence-corrected chi connectivity index (χ1v) is 8.87. The third-order valence-corrected chi connectivity index (χ3v) is 4.74. The lowest BCUT2D eigenvalue weighted by Gasteiger charge is -2.23. The van der Waals surface area contributed by atoms with Crippen LogP contribution < -0.4 is 10.6 Å². The van der Waals surface area contributed by atoms with Crippen molar-refractivity contribution < 1.29 is 9.18 Å². The Hall–Kier alpha value is -2.78. The Kier molecular flexibility index (Phi) is 6.05. The van der Waals surface area contributed by atoms with Crippen LogP contribution in [0.5, 0.6) is 0 Å². The Morgan fingerprint density at radius 1 is 1.29 bits per heavy atom. The van der Waals surface area contributed by atoms with E-state index in [2.05, 4.69) is 26.0 Å². The third kappa shape index (κ3) is 3.90. The number of carbonyl (C=O) groups is 1. The molecule has 28 heavy (non-hydrogen) atoms. The molecule has 0 atom stereocenters. The maximum atomic E-state index is 13.9. The van der Waals surface area contributed by atoms with Gasteiger partial charge in [0.1, 0.15) is 11.5 Å². The minimum absolute atomic E-state index is 0. The van der Waals surface area contributed by atoms with Gasteiger partial charge in [0.25, 0.3) is 5.91 Å². The molecule has 0 unspecified atom stereocenters. The van der Waals surface area contributed by atoms with Gasteiger partial charge in [-0.25, -0.2) is 13.8 Å². The van der Waals surface area contributed by atoms with E-state index in [1.54, 1.807) is 24.4 Å². The predicted octanol–water partition coefficient (Wildman–Crippen LogP) is 2.51. The van der Waals surface area contributed by atoms with Crippen molar-refractivity contribution in [3.8, 4) is 5.69 Å². The Labute approximate surface area is 167 Å². The Bertz CT molecular complexity index is 965. The van der Waals surface area contributed by atoms with Crippen molar-refractivity contribution in [2.75, 3.05) is 18.4 Å². The SMILES string of the molecule is Cc1c(C(=O)Nc2cnn(-c3ccccc3F)c2)nnn1C1CCNCC1.Cl. The monoisotopic (exact) mass is 405 g/mol. The molecule has 3 heterocycles. The minimum Gasteiger partial charge on any atom is -0.318 e. The van der Waals surface area contributed by atoms with Crippen molar-refractivity contribution in [2.45, 2.75) is 25.8 Å². The maximum Gasteiger partial charge on any atom is 0.278 e. The average Bonchev–Trinajstić information content (AvgIpc) is 3.29. The fourth-order valence-electron chi connectivity index (χ4n) is 3.30. The average molecular weight is 406 g/mol. The molecule has 1 saturated heterocycles. The van der Waals surface area contributed by atoms with Gasteiger partial charge in [-0.15, -0.1) is 17.5 Å². The molecule has 8 nitrogen and oxygen atoms in total. The summed E-state index contributed by atoms with van der Waals surface area (Å²) in [6.07, 6.45) is 4.95. The highest BCUT2D eigenvalue weighted by Crippen LogP contribution is 2.21. The first kappa shape index (κ1) is 20.0. The van der Waals surface area contributed by atoms with Gasteiger partial charge in [-0.2, -0.15) is 5.10 Å². The Balaban J connectivity index is 0.00000225. The molecule has 1 amide bonds. The molecule has 0 spiro atoms. The van der Waals surface area contributed by atoms with Crippen molar-refractivity contribution in [1.82, 2.24) is 30.1 Å². The van der Waals surface area contributed by atoms with Crippen LogP contribution in [-0.2, 0) is 0 Å². The van der Waals surface area contributed by atoms with Gasteiger partial charge in [-0.1, -0.05) is 17.3 Å². The molecule has 2 N–H and O–H groups in total. The summed E-state index contributed by atoms with van der Waals surface area (Å²) in [6, 6.07) is 6.56. The van der Waals surface area contributed by atoms with Gasteiger partial charge < -0.3 is 10.6 Å². The molecule has 0 saturated carbocycles. The number of benzene rings is 1. The van der Waals surface area contributed by atoms with Gasteiger partial charge in [0.15, 0.2) is 5.69 Å². The molecule has 1 fully saturated rings. The molecular formula is C18H21ClFN7O. The smallest absolute Gasteiger partial charge is 0.278 e. The molecular weight excluding hydrogens is 385 g/mol. The molecule has 2 aromatic heterocycles. The number of hydrogen-bond acceptors (Lipinski definition) is 5. The highest BCUT2D eigenvalue weighted by molar-refractivity contribution is 6.03. The summed E-state index contributed by atoms with van der Waals surface area (Å²) in [5, 5.41) is 18.4. The summed E-state index contributed by atoms with van der Waals surface area (Å²) < 4.78 is 17.1. The lowest BCUT2D eigenvalue weighted by atomic mass is 10.1. The summed E-state index contributed by atoms with van der Waals surface area (Å²) >= 11 is 0. The number of aromatic nitrogens is 5. The van der Waals surface area contributed by atoms with Gasteiger partial charge in [-0.05, 0) is 45.0 Å². The standard InChI is InChI=1S/C18H20FN7O.ClH/c1-12-17(23-24-26(12)14-6-8-20-9-7-14)18(27)22-13-10-21-25(11-13)16-5-3-2-4-15(16)19;/h2-5,10-11,14,20H,6-9H2,1H3,(H,22,27);1H. The lowest BCUT2D eigenvalue weighted by molar-refractivity contribution is 0.102. The number of piperidine rings is 1. The number of halogens is 2. The molecule has 0 bridgehead atoms. The van der Waals surface area contributed by atoms with Gasteiger partial charge in [0.05, 0.1) is 29.8 Å². The number of nitrogens with one attached hydrogen (secondary N) is 2. The number of amides is 1. The molecule has 3 aromatic rings. The summed E-state index contributed by atoms with van der Waals surface area (Å²) in [4.78, 5) is 12.6. The third-order valence-electron chi connectivity index (χ3n) is 4.74. The van der Waals surface area contributed by atoms with Crippen molar-refractivity contribution in [3.05, 3.63) is 53.9 Å². The maximum absolute atomic E-state index is 13.9. The highest BCUT2D eigenvalue weighted by atomic mass is 35.5. The molecule has 10 heteroatoms. The van der Waals surface area contributed by atoms with E-state index in [1.807, 2.05) is 11.6 Å². The van der Waals surface area contributed by atoms with E-state index in [0.29, 0.717) is 11.4 Å². The van der Waals surface area contributed by atoms with E-state index >= 15 is 0 Å². The predicted molar refractivity (Wildman–Crippen MR) is 105 cm³/mol. The normalized spacial score (nSPS) is 14.5. The molecule has 1 aliphatic rings. The highest BCUT2D eigenvalue weighted by Gasteiger charge is 2.23.